The SMILES string of the molecule is Cc1cc(CCCc2ccccc2)oc(=O)c1C(=O)Nc1cnn(CCCC(N)=O)c1. The van der Waals surface area contributed by atoms with E-state index >= 15 is 0 Å². The maximum atomic E-state index is 12.6. The van der Waals surface area contributed by atoms with Crippen LogP contribution in [0.15, 0.2) is 58.0 Å². The molecule has 0 spiro atoms. The summed E-state index contributed by atoms with van der Waals surface area (Å²) in [4.78, 5) is 35.9. The Morgan fingerprint density at radius 1 is 1.16 bits per heavy atom. The lowest BCUT2D eigenvalue weighted by molar-refractivity contribution is -0.118. The maximum absolute atomic E-state index is 12.6. The largest absolute Gasteiger partial charge is 0.427 e. The van der Waals surface area contributed by atoms with E-state index in [9.17, 15) is 14.4 Å². The molecule has 0 saturated carbocycles. The molecule has 3 rings (SSSR count). The molecule has 1 aromatic carbocycles. The van der Waals surface area contributed by atoms with Gasteiger partial charge in [0, 0.05) is 25.6 Å². The van der Waals surface area contributed by atoms with Gasteiger partial charge in [-0.1, -0.05) is 30.3 Å². The Morgan fingerprint density at radius 2 is 1.94 bits per heavy atom. The summed E-state index contributed by atoms with van der Waals surface area (Å²) in [6, 6.07) is 11.8. The maximum Gasteiger partial charge on any atom is 0.349 e. The summed E-state index contributed by atoms with van der Waals surface area (Å²) >= 11 is 0. The van der Waals surface area contributed by atoms with Crippen LogP contribution >= 0.6 is 0 Å². The zero-order valence-corrected chi connectivity index (χ0v) is 17.5. The van der Waals surface area contributed by atoms with E-state index in [0.717, 1.165) is 12.8 Å². The van der Waals surface area contributed by atoms with Crippen LogP contribution < -0.4 is 16.7 Å². The topological polar surface area (TPSA) is 120 Å². The van der Waals surface area contributed by atoms with Crippen molar-refractivity contribution in [1.29, 1.82) is 0 Å². The average Bonchev–Trinajstić information content (AvgIpc) is 3.15. The predicted molar refractivity (Wildman–Crippen MR) is 117 cm³/mol. The van der Waals surface area contributed by atoms with Gasteiger partial charge in [-0.3, -0.25) is 14.3 Å². The van der Waals surface area contributed by atoms with E-state index in [1.54, 1.807) is 23.9 Å². The summed E-state index contributed by atoms with van der Waals surface area (Å²) in [7, 11) is 0. The first-order valence-corrected chi connectivity index (χ1v) is 10.2. The Labute approximate surface area is 180 Å². The Morgan fingerprint density at radius 3 is 2.65 bits per heavy atom. The summed E-state index contributed by atoms with van der Waals surface area (Å²) in [5.41, 5.74) is 6.70. The van der Waals surface area contributed by atoms with Gasteiger partial charge in [0.2, 0.25) is 5.91 Å². The number of hydrogen-bond acceptors (Lipinski definition) is 5. The van der Waals surface area contributed by atoms with Crippen molar-refractivity contribution in [3.63, 3.8) is 0 Å². The molecular formula is C23H26N4O4. The van der Waals surface area contributed by atoms with Gasteiger partial charge >= 0.3 is 5.63 Å². The smallest absolute Gasteiger partial charge is 0.349 e. The van der Waals surface area contributed by atoms with Crippen LogP contribution in [-0.2, 0) is 24.2 Å². The van der Waals surface area contributed by atoms with E-state index in [1.165, 1.54) is 11.8 Å². The van der Waals surface area contributed by atoms with Gasteiger partial charge in [0.25, 0.3) is 5.91 Å². The van der Waals surface area contributed by atoms with Crippen LogP contribution in [0.3, 0.4) is 0 Å². The van der Waals surface area contributed by atoms with Gasteiger partial charge in [0.15, 0.2) is 0 Å². The second kappa shape index (κ2) is 10.4. The molecular weight excluding hydrogens is 396 g/mol. The van der Waals surface area contributed by atoms with E-state index < -0.39 is 11.5 Å². The van der Waals surface area contributed by atoms with Crippen LogP contribution in [0.4, 0.5) is 5.69 Å². The summed E-state index contributed by atoms with van der Waals surface area (Å²) in [6.07, 6.45) is 6.27. The molecule has 2 aromatic heterocycles. The van der Waals surface area contributed by atoms with Gasteiger partial charge in [-0.15, -0.1) is 0 Å². The fourth-order valence-corrected chi connectivity index (χ4v) is 3.34. The average molecular weight is 422 g/mol. The van der Waals surface area contributed by atoms with Crippen molar-refractivity contribution < 1.29 is 14.0 Å². The van der Waals surface area contributed by atoms with Crippen molar-refractivity contribution in [2.75, 3.05) is 5.32 Å². The van der Waals surface area contributed by atoms with Crippen LogP contribution in [0.25, 0.3) is 0 Å². The second-order valence-electron chi connectivity index (χ2n) is 7.41. The molecule has 8 nitrogen and oxygen atoms in total. The molecule has 0 aliphatic carbocycles. The molecule has 2 amide bonds. The van der Waals surface area contributed by atoms with Crippen molar-refractivity contribution in [3.05, 3.63) is 81.7 Å². The van der Waals surface area contributed by atoms with E-state index in [2.05, 4.69) is 22.5 Å². The molecule has 3 N–H and O–H groups in total. The number of nitrogens with zero attached hydrogens (tertiary/aromatic N) is 2. The Kier molecular flexibility index (Phi) is 7.37. The number of carbonyl (C=O) groups is 2. The highest BCUT2D eigenvalue weighted by molar-refractivity contribution is 6.04. The Hall–Kier alpha value is -3.68. The van der Waals surface area contributed by atoms with E-state index in [-0.39, 0.29) is 17.9 Å². The van der Waals surface area contributed by atoms with Crippen LogP contribution in [0, 0.1) is 6.92 Å². The number of anilines is 1. The first-order chi connectivity index (χ1) is 14.9. The van der Waals surface area contributed by atoms with Crippen molar-refractivity contribution in [1.82, 2.24) is 9.78 Å². The molecule has 0 saturated heterocycles. The number of rotatable bonds is 10. The van der Waals surface area contributed by atoms with Gasteiger partial charge < -0.3 is 15.5 Å². The zero-order chi connectivity index (χ0) is 22.2. The number of carbonyl (C=O) groups excluding carboxylic acids is 2. The quantitative estimate of drug-likeness (QED) is 0.520. The molecule has 0 aliphatic heterocycles. The summed E-state index contributed by atoms with van der Waals surface area (Å²) in [6.45, 7) is 2.22. The second-order valence-corrected chi connectivity index (χ2v) is 7.41. The normalized spacial score (nSPS) is 10.7. The third kappa shape index (κ3) is 6.40. The van der Waals surface area contributed by atoms with Crippen LogP contribution in [0.2, 0.25) is 0 Å². The van der Waals surface area contributed by atoms with Crippen LogP contribution in [0.1, 0.15) is 46.5 Å². The predicted octanol–water partition coefficient (Wildman–Crippen LogP) is 2.84. The van der Waals surface area contributed by atoms with E-state index in [4.69, 9.17) is 10.2 Å². The molecule has 0 unspecified atom stereocenters. The number of hydrogen-bond donors (Lipinski definition) is 2. The van der Waals surface area contributed by atoms with Crippen LogP contribution in [0.5, 0.6) is 0 Å². The molecule has 0 bridgehead atoms. The van der Waals surface area contributed by atoms with Gasteiger partial charge in [0.05, 0.1) is 11.9 Å². The molecule has 3 aromatic rings. The summed E-state index contributed by atoms with van der Waals surface area (Å²) in [5, 5.41) is 6.80. The molecule has 0 radical (unpaired) electrons. The fraction of sp³-hybridized carbons (Fsp3) is 0.304. The molecule has 8 heteroatoms. The molecule has 0 atom stereocenters. The lowest BCUT2D eigenvalue weighted by Gasteiger charge is -2.07. The Bertz CT molecular complexity index is 1100. The lowest BCUT2D eigenvalue weighted by Crippen LogP contribution is -2.23. The number of aryl methyl sites for hydroxylation is 4. The standard InChI is InChI=1S/C23H26N4O4/c1-16-13-19(10-5-9-17-7-3-2-4-8-17)31-23(30)21(16)22(29)26-18-14-25-27(15-18)12-6-11-20(24)28/h2-4,7-8,13-15H,5-6,9-12H2,1H3,(H2,24,28)(H,26,29). The molecule has 0 aliphatic rings. The minimum atomic E-state index is -0.652. The molecule has 2 heterocycles. The van der Waals surface area contributed by atoms with Crippen LogP contribution in [-0.4, -0.2) is 21.6 Å². The highest BCUT2D eigenvalue weighted by Gasteiger charge is 2.17. The van der Waals surface area contributed by atoms with Crippen molar-refractivity contribution in [2.24, 2.45) is 5.73 Å². The number of nitrogens with one attached hydrogen (secondary N) is 1. The zero-order valence-electron chi connectivity index (χ0n) is 17.5. The van der Waals surface area contributed by atoms with Crippen molar-refractivity contribution >= 4 is 17.5 Å². The van der Waals surface area contributed by atoms with Gasteiger partial charge in [-0.05, 0) is 43.4 Å². The van der Waals surface area contributed by atoms with Gasteiger partial charge in [0.1, 0.15) is 11.3 Å². The third-order valence-corrected chi connectivity index (χ3v) is 4.86. The van der Waals surface area contributed by atoms with E-state index in [1.807, 2.05) is 18.2 Å². The number of primary amides is 1. The minimum Gasteiger partial charge on any atom is -0.427 e. The van der Waals surface area contributed by atoms with Gasteiger partial charge in [-0.2, -0.15) is 5.10 Å². The first kappa shape index (κ1) is 22.0. The summed E-state index contributed by atoms with van der Waals surface area (Å²) < 4.78 is 6.99. The molecule has 162 valence electrons. The minimum absolute atomic E-state index is 0.0201. The van der Waals surface area contributed by atoms with Crippen molar-refractivity contribution in [2.45, 2.75) is 45.6 Å². The first-order valence-electron chi connectivity index (χ1n) is 10.2. The molecule has 0 fully saturated rings. The number of amides is 2. The summed E-state index contributed by atoms with van der Waals surface area (Å²) in [5.74, 6) is -0.345. The molecule has 31 heavy (non-hydrogen) atoms. The highest BCUT2D eigenvalue weighted by Crippen LogP contribution is 2.13. The lowest BCUT2D eigenvalue weighted by atomic mass is 10.1. The fourth-order valence-electron chi connectivity index (χ4n) is 3.34. The third-order valence-electron chi connectivity index (χ3n) is 4.86. The Balaban J connectivity index is 1.59. The number of aromatic nitrogens is 2. The van der Waals surface area contributed by atoms with Gasteiger partial charge in [-0.25, -0.2) is 4.79 Å². The number of nitrogens with two attached hydrogens (primary N) is 1. The highest BCUT2D eigenvalue weighted by atomic mass is 16.4. The van der Waals surface area contributed by atoms with E-state index in [0.29, 0.717) is 36.4 Å². The monoisotopic (exact) mass is 422 g/mol. The van der Waals surface area contributed by atoms with Crippen molar-refractivity contribution in [3.8, 4) is 0 Å². The number of benzene rings is 1.